The van der Waals surface area contributed by atoms with Crippen LogP contribution in [0.15, 0.2) is 48.6 Å². The maximum atomic E-state index is 2.35. The van der Waals surface area contributed by atoms with E-state index in [2.05, 4.69) is 83.2 Å². The van der Waals surface area contributed by atoms with Crippen LogP contribution in [0.5, 0.6) is 0 Å². The third kappa shape index (κ3) is 6.23. The van der Waals surface area contributed by atoms with Gasteiger partial charge in [0.25, 0.3) is 0 Å². The summed E-state index contributed by atoms with van der Waals surface area (Å²) in [6.07, 6.45) is 10.7. The van der Waals surface area contributed by atoms with Crippen LogP contribution in [0.25, 0.3) is 5.57 Å². The molecule has 1 aliphatic carbocycles. The van der Waals surface area contributed by atoms with Crippen molar-refractivity contribution in [1.29, 1.82) is 0 Å². The van der Waals surface area contributed by atoms with Gasteiger partial charge in [-0.1, -0.05) is 89.6 Å². The standard InChI is InChI=1S/C14H16.C6H14/c1-2-12-8-10-14(11-9-12)13-6-4-3-5-7-13;1-5-6(2,3)4/h3-8,10-12H,2,9H2,1H3;5H2,1-4H3. The van der Waals surface area contributed by atoms with Crippen molar-refractivity contribution in [2.75, 3.05) is 0 Å². The molecule has 0 bridgehead atoms. The van der Waals surface area contributed by atoms with E-state index < -0.39 is 0 Å². The Bertz CT molecular complexity index is 429. The van der Waals surface area contributed by atoms with E-state index in [-0.39, 0.29) is 0 Å². The van der Waals surface area contributed by atoms with Crippen molar-refractivity contribution in [1.82, 2.24) is 0 Å². The Morgan fingerprint density at radius 2 is 1.65 bits per heavy atom. The highest BCUT2D eigenvalue weighted by Crippen LogP contribution is 2.25. The number of hydrogen-bond donors (Lipinski definition) is 0. The molecule has 0 heteroatoms. The van der Waals surface area contributed by atoms with Gasteiger partial charge >= 0.3 is 0 Å². The second-order valence-electron chi connectivity index (χ2n) is 6.70. The fraction of sp³-hybridized carbons (Fsp3) is 0.500. The molecule has 0 saturated carbocycles. The van der Waals surface area contributed by atoms with Gasteiger partial charge in [0.15, 0.2) is 0 Å². The predicted octanol–water partition coefficient (Wildman–Crippen LogP) is 6.50. The van der Waals surface area contributed by atoms with Crippen LogP contribution in [0.4, 0.5) is 0 Å². The highest BCUT2D eigenvalue weighted by Gasteiger charge is 2.07. The van der Waals surface area contributed by atoms with Gasteiger partial charge in [-0.15, -0.1) is 0 Å². The third-order valence-electron chi connectivity index (χ3n) is 3.88. The molecule has 0 aliphatic heterocycles. The van der Waals surface area contributed by atoms with Gasteiger partial charge in [0.2, 0.25) is 0 Å². The minimum absolute atomic E-state index is 0.542. The minimum atomic E-state index is 0.542. The van der Waals surface area contributed by atoms with Gasteiger partial charge in [-0.2, -0.15) is 0 Å². The maximum Gasteiger partial charge on any atom is -0.0187 e. The number of allylic oxidation sites excluding steroid dienone is 4. The fourth-order valence-electron chi connectivity index (χ4n) is 1.81. The van der Waals surface area contributed by atoms with Crippen molar-refractivity contribution in [2.24, 2.45) is 11.3 Å². The highest BCUT2D eigenvalue weighted by atomic mass is 14.1. The van der Waals surface area contributed by atoms with Crippen molar-refractivity contribution < 1.29 is 0 Å². The molecule has 0 aromatic heterocycles. The molecule has 2 rings (SSSR count). The molecule has 0 radical (unpaired) electrons. The summed E-state index contributed by atoms with van der Waals surface area (Å²) < 4.78 is 0. The van der Waals surface area contributed by atoms with Gasteiger partial charge in [0.1, 0.15) is 0 Å². The summed E-state index contributed by atoms with van der Waals surface area (Å²) in [6, 6.07) is 10.6. The Hall–Kier alpha value is -1.30. The first-order chi connectivity index (χ1) is 9.46. The van der Waals surface area contributed by atoms with E-state index in [1.54, 1.807) is 0 Å². The van der Waals surface area contributed by atoms with E-state index in [4.69, 9.17) is 0 Å². The second kappa shape index (κ2) is 8.09. The van der Waals surface area contributed by atoms with Crippen molar-refractivity contribution >= 4 is 5.57 Å². The highest BCUT2D eigenvalue weighted by molar-refractivity contribution is 5.74. The molecule has 110 valence electrons. The normalized spacial score (nSPS) is 18.1. The molecule has 1 aromatic carbocycles. The van der Waals surface area contributed by atoms with Crippen LogP contribution in [-0.2, 0) is 0 Å². The average molecular weight is 270 g/mol. The van der Waals surface area contributed by atoms with E-state index in [9.17, 15) is 0 Å². The van der Waals surface area contributed by atoms with Crippen LogP contribution in [-0.4, -0.2) is 0 Å². The molecular weight excluding hydrogens is 240 g/mol. The monoisotopic (exact) mass is 270 g/mol. The molecule has 1 unspecified atom stereocenters. The van der Waals surface area contributed by atoms with Crippen molar-refractivity contribution in [3.05, 3.63) is 54.1 Å². The van der Waals surface area contributed by atoms with E-state index >= 15 is 0 Å². The van der Waals surface area contributed by atoms with Crippen LogP contribution in [0.3, 0.4) is 0 Å². The Morgan fingerprint density at radius 1 is 1.05 bits per heavy atom. The SMILES string of the molecule is CCC(C)(C)C.CCC1C=CC(c2ccccc2)=CC1. The fourth-order valence-corrected chi connectivity index (χ4v) is 1.81. The molecule has 0 saturated heterocycles. The topological polar surface area (TPSA) is 0 Å². The number of rotatable bonds is 2. The lowest BCUT2D eigenvalue weighted by atomic mass is 9.92. The first kappa shape index (κ1) is 16.8. The minimum Gasteiger partial charge on any atom is -0.0805 e. The maximum absolute atomic E-state index is 2.35. The Labute approximate surface area is 125 Å². The zero-order valence-corrected chi connectivity index (χ0v) is 13.8. The summed E-state index contributed by atoms with van der Waals surface area (Å²) in [4.78, 5) is 0. The van der Waals surface area contributed by atoms with Crippen LogP contribution in [0.1, 0.15) is 59.4 Å². The summed E-state index contributed by atoms with van der Waals surface area (Å²) in [5.41, 5.74) is 3.24. The molecular formula is C20H30. The van der Waals surface area contributed by atoms with Crippen LogP contribution in [0.2, 0.25) is 0 Å². The molecule has 0 fully saturated rings. The van der Waals surface area contributed by atoms with Gasteiger partial charge in [0, 0.05) is 0 Å². The molecule has 0 nitrogen and oxygen atoms in total. The molecule has 1 aromatic rings. The van der Waals surface area contributed by atoms with E-state index in [0.717, 1.165) is 5.92 Å². The van der Waals surface area contributed by atoms with Gasteiger partial charge < -0.3 is 0 Å². The Kier molecular flexibility index (Phi) is 6.78. The first-order valence-corrected chi connectivity index (χ1v) is 7.90. The molecule has 0 spiro atoms. The Balaban J connectivity index is 0.000000286. The third-order valence-corrected chi connectivity index (χ3v) is 3.88. The van der Waals surface area contributed by atoms with Crippen molar-refractivity contribution in [3.8, 4) is 0 Å². The molecule has 0 heterocycles. The quantitative estimate of drug-likeness (QED) is 0.575. The number of benzene rings is 1. The molecule has 1 aliphatic rings. The Morgan fingerprint density at radius 3 is 2.05 bits per heavy atom. The summed E-state index contributed by atoms with van der Waals surface area (Å²) in [6.45, 7) is 11.2. The lowest BCUT2D eigenvalue weighted by Gasteiger charge is -2.14. The average Bonchev–Trinajstić information content (AvgIpc) is 2.48. The molecule has 20 heavy (non-hydrogen) atoms. The van der Waals surface area contributed by atoms with E-state index in [1.807, 2.05) is 0 Å². The van der Waals surface area contributed by atoms with Crippen molar-refractivity contribution in [3.63, 3.8) is 0 Å². The van der Waals surface area contributed by atoms with Gasteiger partial charge in [-0.25, -0.2) is 0 Å². The predicted molar refractivity (Wildman–Crippen MR) is 91.7 cm³/mol. The lowest BCUT2D eigenvalue weighted by molar-refractivity contribution is 0.398. The summed E-state index contributed by atoms with van der Waals surface area (Å²) in [5, 5.41) is 0. The summed E-state index contributed by atoms with van der Waals surface area (Å²) in [5.74, 6) is 0.752. The summed E-state index contributed by atoms with van der Waals surface area (Å²) in [7, 11) is 0. The van der Waals surface area contributed by atoms with E-state index in [1.165, 1.54) is 30.4 Å². The zero-order valence-electron chi connectivity index (χ0n) is 13.8. The van der Waals surface area contributed by atoms with Crippen LogP contribution in [0, 0.1) is 11.3 Å². The van der Waals surface area contributed by atoms with Gasteiger partial charge in [-0.05, 0) is 35.3 Å². The largest absolute Gasteiger partial charge is 0.0805 e. The second-order valence-corrected chi connectivity index (χ2v) is 6.70. The number of hydrogen-bond acceptors (Lipinski definition) is 0. The molecule has 1 atom stereocenters. The van der Waals surface area contributed by atoms with Gasteiger partial charge in [-0.3, -0.25) is 0 Å². The zero-order chi connectivity index (χ0) is 15.0. The van der Waals surface area contributed by atoms with Crippen LogP contribution >= 0.6 is 0 Å². The summed E-state index contributed by atoms with van der Waals surface area (Å²) >= 11 is 0. The van der Waals surface area contributed by atoms with E-state index in [0.29, 0.717) is 5.41 Å². The molecule has 0 N–H and O–H groups in total. The lowest BCUT2D eigenvalue weighted by Crippen LogP contribution is -2.00. The van der Waals surface area contributed by atoms with Gasteiger partial charge in [0.05, 0.1) is 0 Å². The van der Waals surface area contributed by atoms with Crippen LogP contribution < -0.4 is 0 Å². The smallest absolute Gasteiger partial charge is 0.0187 e. The van der Waals surface area contributed by atoms with Crippen molar-refractivity contribution in [2.45, 2.75) is 53.9 Å². The first-order valence-electron chi connectivity index (χ1n) is 7.90. The molecule has 0 amide bonds.